The first-order valence-corrected chi connectivity index (χ1v) is 7.15. The Morgan fingerprint density at radius 2 is 1.82 bits per heavy atom. The second-order valence-corrected chi connectivity index (χ2v) is 5.71. The first-order valence-electron chi connectivity index (χ1n) is 6.75. The fraction of sp³-hybridized carbons (Fsp3) is 0.188. The van der Waals surface area contributed by atoms with E-state index in [-0.39, 0.29) is 23.3 Å². The fourth-order valence-electron chi connectivity index (χ4n) is 2.65. The predicted octanol–water partition coefficient (Wildman–Crippen LogP) is 3.09. The highest BCUT2D eigenvalue weighted by atomic mass is 32.1. The maximum atomic E-state index is 10.2. The molecule has 114 valence electrons. The summed E-state index contributed by atoms with van der Waals surface area (Å²) in [7, 11) is 0. The van der Waals surface area contributed by atoms with Crippen LogP contribution in [0.3, 0.4) is 0 Å². The normalized spacial score (nSPS) is 16.8. The van der Waals surface area contributed by atoms with Crippen LogP contribution in [0, 0.1) is 0 Å². The van der Waals surface area contributed by atoms with E-state index in [1.807, 2.05) is 0 Å². The molecule has 0 spiro atoms. The van der Waals surface area contributed by atoms with Crippen molar-refractivity contribution < 1.29 is 20.1 Å². The van der Waals surface area contributed by atoms with Crippen molar-refractivity contribution in [2.45, 2.75) is 13.0 Å². The van der Waals surface area contributed by atoms with E-state index in [2.05, 4.69) is 0 Å². The zero-order chi connectivity index (χ0) is 15.9. The number of ether oxygens (including phenoxy) is 1. The monoisotopic (exact) mass is 317 g/mol. The van der Waals surface area contributed by atoms with Gasteiger partial charge in [0.15, 0.2) is 5.75 Å². The van der Waals surface area contributed by atoms with Crippen molar-refractivity contribution >= 4 is 22.9 Å². The van der Waals surface area contributed by atoms with Gasteiger partial charge in [0.2, 0.25) is 0 Å². The van der Waals surface area contributed by atoms with Crippen LogP contribution in [-0.2, 0) is 0 Å². The minimum atomic E-state index is -0.221. The van der Waals surface area contributed by atoms with Gasteiger partial charge in [-0.25, -0.2) is 0 Å². The lowest BCUT2D eigenvalue weighted by Gasteiger charge is -2.38. The molecule has 1 heterocycles. The third-order valence-electron chi connectivity index (χ3n) is 3.61. The summed E-state index contributed by atoms with van der Waals surface area (Å²) in [5.74, 6) is 0.403. The van der Waals surface area contributed by atoms with Crippen molar-refractivity contribution in [1.82, 2.24) is 0 Å². The van der Waals surface area contributed by atoms with E-state index >= 15 is 0 Å². The number of anilines is 1. The van der Waals surface area contributed by atoms with Crippen LogP contribution in [0.5, 0.6) is 23.0 Å². The minimum absolute atomic E-state index is 0.0682. The van der Waals surface area contributed by atoms with Crippen LogP contribution in [0.1, 0.15) is 18.5 Å². The van der Waals surface area contributed by atoms with Gasteiger partial charge in [-0.3, -0.25) is 0 Å². The highest BCUT2D eigenvalue weighted by molar-refractivity contribution is 7.80. The molecule has 6 heteroatoms. The lowest BCUT2D eigenvalue weighted by atomic mass is 10.0. The number of phenolic OH excluding ortho intramolecular Hbond substituents is 3. The number of thiocarbonyl (C=S) groups is 1. The molecular weight excluding hydrogens is 302 g/mol. The molecule has 0 amide bonds. The second kappa shape index (κ2) is 5.38. The van der Waals surface area contributed by atoms with Crippen LogP contribution in [0.2, 0.25) is 0 Å². The van der Waals surface area contributed by atoms with Crippen LogP contribution in [0.15, 0.2) is 36.4 Å². The van der Waals surface area contributed by atoms with Gasteiger partial charge in [0.05, 0.1) is 11.0 Å². The molecule has 1 unspecified atom stereocenters. The van der Waals surface area contributed by atoms with Crippen molar-refractivity contribution in [2.24, 2.45) is 0 Å². The quantitative estimate of drug-likeness (QED) is 0.702. The van der Waals surface area contributed by atoms with Crippen LogP contribution < -0.4 is 9.64 Å². The number of aromatic hydroxyl groups is 3. The summed E-state index contributed by atoms with van der Waals surface area (Å²) in [6.07, 6.45) is 0. The van der Waals surface area contributed by atoms with E-state index < -0.39 is 0 Å². The van der Waals surface area contributed by atoms with Gasteiger partial charge in [-0.15, -0.1) is 0 Å². The van der Waals surface area contributed by atoms with E-state index in [1.54, 1.807) is 36.1 Å². The van der Waals surface area contributed by atoms with Crippen LogP contribution in [0.25, 0.3) is 0 Å². The third kappa shape index (κ3) is 2.42. The average Bonchev–Trinajstić information content (AvgIpc) is 2.46. The summed E-state index contributed by atoms with van der Waals surface area (Å²) in [5.41, 5.74) is 1.34. The van der Waals surface area contributed by atoms with E-state index in [0.717, 1.165) is 5.56 Å². The number of hydrogen-bond donors (Lipinski definition) is 3. The summed E-state index contributed by atoms with van der Waals surface area (Å²) in [5, 5.41) is 29.2. The lowest BCUT2D eigenvalue weighted by Crippen LogP contribution is -2.39. The number of fused-ring (bicyclic) bond motifs is 1. The molecule has 0 bridgehead atoms. The molecule has 1 atom stereocenters. The topological polar surface area (TPSA) is 73.2 Å². The highest BCUT2D eigenvalue weighted by Gasteiger charge is 2.33. The van der Waals surface area contributed by atoms with Crippen molar-refractivity contribution in [1.29, 1.82) is 0 Å². The van der Waals surface area contributed by atoms with Crippen LogP contribution in [0.4, 0.5) is 5.69 Å². The van der Waals surface area contributed by atoms with Gasteiger partial charge >= 0.3 is 0 Å². The first-order chi connectivity index (χ1) is 10.5. The molecule has 0 radical (unpaired) electrons. The average molecular weight is 317 g/mol. The number of rotatable bonds is 1. The zero-order valence-electron chi connectivity index (χ0n) is 11.9. The Kier molecular flexibility index (Phi) is 3.54. The van der Waals surface area contributed by atoms with Gasteiger partial charge in [0, 0.05) is 12.1 Å². The van der Waals surface area contributed by atoms with E-state index in [0.29, 0.717) is 23.0 Å². The van der Waals surface area contributed by atoms with Crippen molar-refractivity contribution in [2.75, 3.05) is 11.5 Å². The van der Waals surface area contributed by atoms with E-state index in [1.165, 1.54) is 12.1 Å². The first kappa shape index (κ1) is 14.5. The fourth-order valence-corrected chi connectivity index (χ4v) is 2.87. The Hall–Kier alpha value is -2.47. The summed E-state index contributed by atoms with van der Waals surface area (Å²) in [6.45, 7) is 2.08. The van der Waals surface area contributed by atoms with Gasteiger partial charge < -0.3 is 25.0 Å². The van der Waals surface area contributed by atoms with Gasteiger partial charge in [0.25, 0.3) is 0 Å². The Labute approximate surface area is 133 Å². The molecule has 0 aromatic heterocycles. The molecular formula is C16H15NO4S. The maximum Gasteiger partial charge on any atom is 0.150 e. The highest BCUT2D eigenvalue weighted by Crippen LogP contribution is 2.47. The molecule has 1 aliphatic rings. The summed E-state index contributed by atoms with van der Waals surface area (Å²) in [4.78, 5) is 2.37. The Bertz CT molecular complexity index is 730. The summed E-state index contributed by atoms with van der Waals surface area (Å²) < 4.78 is 5.68. The van der Waals surface area contributed by atoms with Crippen LogP contribution in [-0.4, -0.2) is 26.9 Å². The molecule has 0 saturated heterocycles. The second-order valence-electron chi connectivity index (χ2n) is 5.12. The molecule has 3 rings (SSSR count). The number of nitrogens with zero attached hydrogens (tertiary/aromatic N) is 1. The third-order valence-corrected chi connectivity index (χ3v) is 3.80. The lowest BCUT2D eigenvalue weighted by molar-refractivity contribution is 0.270. The number of phenols is 3. The van der Waals surface area contributed by atoms with Crippen molar-refractivity contribution in [3.05, 3.63) is 42.0 Å². The molecule has 22 heavy (non-hydrogen) atoms. The number of benzene rings is 2. The van der Waals surface area contributed by atoms with Gasteiger partial charge in [-0.2, -0.15) is 0 Å². The van der Waals surface area contributed by atoms with Crippen LogP contribution >= 0.6 is 12.2 Å². The van der Waals surface area contributed by atoms with Crippen molar-refractivity contribution in [3.63, 3.8) is 0 Å². The van der Waals surface area contributed by atoms with Gasteiger partial charge in [-0.1, -0.05) is 24.4 Å². The largest absolute Gasteiger partial charge is 0.508 e. The predicted molar refractivity (Wildman–Crippen MR) is 86.9 cm³/mol. The standard InChI is InChI=1S/C16H15NO4S/c1-9(22)17-13(10-2-4-11(18)5-3-10)8-21-15-7-12(19)6-14(20)16(15)17/h2-7,13,18-20H,8H2,1H3. The van der Waals surface area contributed by atoms with E-state index in [4.69, 9.17) is 17.0 Å². The molecule has 2 aromatic rings. The van der Waals surface area contributed by atoms with Gasteiger partial charge in [-0.05, 0) is 24.6 Å². The Balaban J connectivity index is 2.10. The molecule has 1 aliphatic heterocycles. The van der Waals surface area contributed by atoms with E-state index in [9.17, 15) is 15.3 Å². The number of hydrogen-bond acceptors (Lipinski definition) is 5. The maximum absolute atomic E-state index is 10.2. The Morgan fingerprint density at radius 1 is 1.14 bits per heavy atom. The summed E-state index contributed by atoms with van der Waals surface area (Å²) >= 11 is 5.33. The molecule has 3 N–H and O–H groups in total. The molecule has 5 nitrogen and oxygen atoms in total. The van der Waals surface area contributed by atoms with Gasteiger partial charge in [0.1, 0.15) is 29.5 Å². The SMILES string of the molecule is CC(=S)N1c2c(O)cc(O)cc2OCC1c1ccc(O)cc1. The molecule has 0 saturated carbocycles. The summed E-state index contributed by atoms with van der Waals surface area (Å²) in [6, 6.07) is 9.26. The Morgan fingerprint density at radius 3 is 2.45 bits per heavy atom. The zero-order valence-corrected chi connectivity index (χ0v) is 12.7. The molecule has 0 aliphatic carbocycles. The minimum Gasteiger partial charge on any atom is -0.508 e. The molecule has 2 aromatic carbocycles. The molecule has 0 fully saturated rings. The smallest absolute Gasteiger partial charge is 0.150 e. The van der Waals surface area contributed by atoms with Crippen molar-refractivity contribution in [3.8, 4) is 23.0 Å².